The molecule has 0 radical (unpaired) electrons. The Kier molecular flexibility index (Phi) is 8.39. The van der Waals surface area contributed by atoms with Gasteiger partial charge >= 0.3 is 0 Å². The van der Waals surface area contributed by atoms with Crippen molar-refractivity contribution in [3.63, 3.8) is 0 Å². The zero-order chi connectivity index (χ0) is 40.3. The first-order valence-electron chi connectivity index (χ1n) is 20.7. The third-order valence-corrected chi connectivity index (χ3v) is 13.3. The molecule has 2 aromatic heterocycles. The van der Waals surface area contributed by atoms with Crippen LogP contribution in [0.1, 0.15) is 0 Å². The number of para-hydroxylation sites is 1. The van der Waals surface area contributed by atoms with Crippen molar-refractivity contribution in [1.29, 1.82) is 0 Å². The minimum atomic E-state index is 0.893. The van der Waals surface area contributed by atoms with E-state index in [1.54, 1.807) is 0 Å². The summed E-state index contributed by atoms with van der Waals surface area (Å²) in [6, 6.07) is 81.2. The van der Waals surface area contributed by atoms with Gasteiger partial charge in [-0.2, -0.15) is 0 Å². The van der Waals surface area contributed by atoms with Gasteiger partial charge in [-0.1, -0.05) is 170 Å². The summed E-state index contributed by atoms with van der Waals surface area (Å²) in [6.07, 6.45) is 0. The van der Waals surface area contributed by atoms with E-state index in [-0.39, 0.29) is 0 Å². The van der Waals surface area contributed by atoms with E-state index in [9.17, 15) is 0 Å². The molecular formula is C58H37NOS. The minimum Gasteiger partial charge on any atom is -0.456 e. The maximum atomic E-state index is 6.32. The second-order valence-corrected chi connectivity index (χ2v) is 16.7. The van der Waals surface area contributed by atoms with Gasteiger partial charge in [-0.3, -0.25) is 0 Å². The maximum Gasteiger partial charge on any atom is 0.136 e. The summed E-state index contributed by atoms with van der Waals surface area (Å²) >= 11 is 1.87. The van der Waals surface area contributed by atoms with Crippen LogP contribution in [-0.2, 0) is 0 Å². The molecule has 10 aromatic carbocycles. The van der Waals surface area contributed by atoms with Gasteiger partial charge in [0.05, 0.1) is 0 Å². The van der Waals surface area contributed by atoms with Crippen molar-refractivity contribution in [3.05, 3.63) is 224 Å². The first-order chi connectivity index (χ1) is 30.2. The molecule has 12 aromatic rings. The summed E-state index contributed by atoms with van der Waals surface area (Å²) < 4.78 is 8.94. The summed E-state index contributed by atoms with van der Waals surface area (Å²) in [5.41, 5.74) is 14.6. The minimum absolute atomic E-state index is 0.893. The molecule has 0 spiro atoms. The maximum absolute atomic E-state index is 6.32. The van der Waals surface area contributed by atoms with Crippen LogP contribution < -0.4 is 4.90 Å². The van der Waals surface area contributed by atoms with Gasteiger partial charge in [0, 0.05) is 48.0 Å². The standard InChI is InChI=1S/C58H37NOS/c1-2-18-47-40(12-1)13-9-21-48(47)41-30-28-38(29-31-41)39-32-34-44(35-33-39)59(45-16-7-14-42(36-45)49-22-11-26-55-57(49)53-20-3-5-25-54(53)60-55)46-17-8-15-43(37-46)50-23-10-24-52-51-19-4-6-27-56(51)61-58(50)52/h1-37H. The molecule has 2 nitrogen and oxygen atoms in total. The molecule has 3 heteroatoms. The lowest BCUT2D eigenvalue weighted by Gasteiger charge is -2.27. The third-order valence-electron chi connectivity index (χ3n) is 12.1. The van der Waals surface area contributed by atoms with Crippen LogP contribution in [-0.4, -0.2) is 0 Å². The molecule has 0 fully saturated rings. The lowest BCUT2D eigenvalue weighted by Crippen LogP contribution is -2.10. The number of fused-ring (bicyclic) bond motifs is 7. The molecule has 61 heavy (non-hydrogen) atoms. The number of rotatable bonds is 7. The summed E-state index contributed by atoms with van der Waals surface area (Å²) in [5, 5.41) is 7.39. The molecule has 2 heterocycles. The average molecular weight is 796 g/mol. The summed E-state index contributed by atoms with van der Waals surface area (Å²) in [5.74, 6) is 0. The number of nitrogens with zero attached hydrogens (tertiary/aromatic N) is 1. The summed E-state index contributed by atoms with van der Waals surface area (Å²) in [7, 11) is 0. The van der Waals surface area contributed by atoms with E-state index < -0.39 is 0 Å². The highest BCUT2D eigenvalue weighted by Crippen LogP contribution is 2.44. The molecule has 0 amide bonds. The molecule has 286 valence electrons. The molecule has 0 saturated heterocycles. The predicted molar refractivity (Wildman–Crippen MR) is 261 cm³/mol. The number of benzene rings is 10. The number of furan rings is 1. The Balaban J connectivity index is 0.970. The van der Waals surface area contributed by atoms with Crippen molar-refractivity contribution in [2.45, 2.75) is 0 Å². The van der Waals surface area contributed by atoms with E-state index in [1.165, 1.54) is 64.3 Å². The van der Waals surface area contributed by atoms with Gasteiger partial charge in [0.1, 0.15) is 11.2 Å². The molecule has 0 N–H and O–H groups in total. The first-order valence-corrected chi connectivity index (χ1v) is 21.6. The van der Waals surface area contributed by atoms with E-state index in [0.717, 1.165) is 50.1 Å². The van der Waals surface area contributed by atoms with Crippen molar-refractivity contribution in [1.82, 2.24) is 0 Å². The van der Waals surface area contributed by atoms with Crippen LogP contribution in [0.15, 0.2) is 229 Å². The molecule has 12 rings (SSSR count). The Bertz CT molecular complexity index is 3590. The van der Waals surface area contributed by atoms with E-state index >= 15 is 0 Å². The zero-order valence-electron chi connectivity index (χ0n) is 33.1. The topological polar surface area (TPSA) is 16.4 Å². The fourth-order valence-corrected chi connectivity index (χ4v) is 10.4. The first kappa shape index (κ1) is 35.2. The quantitative estimate of drug-likeness (QED) is 0.160. The van der Waals surface area contributed by atoms with Gasteiger partial charge in [0.15, 0.2) is 0 Å². The molecule has 0 saturated carbocycles. The monoisotopic (exact) mass is 795 g/mol. The van der Waals surface area contributed by atoms with E-state index in [1.807, 2.05) is 23.5 Å². The van der Waals surface area contributed by atoms with E-state index in [4.69, 9.17) is 4.42 Å². The second-order valence-electron chi connectivity index (χ2n) is 15.6. The van der Waals surface area contributed by atoms with E-state index in [0.29, 0.717) is 0 Å². The zero-order valence-corrected chi connectivity index (χ0v) is 33.9. The van der Waals surface area contributed by atoms with Gasteiger partial charge in [-0.25, -0.2) is 0 Å². The molecule has 0 bridgehead atoms. The normalized spacial score (nSPS) is 11.6. The molecule has 0 atom stereocenters. The van der Waals surface area contributed by atoms with Gasteiger partial charge in [0.2, 0.25) is 0 Å². The Morgan fingerprint density at radius 3 is 1.67 bits per heavy atom. The fraction of sp³-hybridized carbons (Fsp3) is 0. The smallest absolute Gasteiger partial charge is 0.136 e. The predicted octanol–water partition coefficient (Wildman–Crippen LogP) is 17.2. The Morgan fingerprint density at radius 1 is 0.328 bits per heavy atom. The SMILES string of the molecule is c1cc(-c2cccc3c2sc2ccccc23)cc(N(c2ccc(-c3ccc(-c4cccc5ccccc45)cc3)cc2)c2cccc(-c3cccc4oc5ccccc5c34)c2)c1. The van der Waals surface area contributed by atoms with Crippen molar-refractivity contribution in [3.8, 4) is 44.5 Å². The van der Waals surface area contributed by atoms with Crippen LogP contribution in [0.5, 0.6) is 0 Å². The number of hydrogen-bond donors (Lipinski definition) is 0. The number of hydrogen-bond acceptors (Lipinski definition) is 3. The highest BCUT2D eigenvalue weighted by molar-refractivity contribution is 7.26. The summed E-state index contributed by atoms with van der Waals surface area (Å²) in [4.78, 5) is 2.39. The van der Waals surface area contributed by atoms with Crippen molar-refractivity contribution < 1.29 is 4.42 Å². The lowest BCUT2D eigenvalue weighted by molar-refractivity contribution is 0.669. The Labute approximate surface area is 357 Å². The highest BCUT2D eigenvalue weighted by atomic mass is 32.1. The van der Waals surface area contributed by atoms with E-state index in [2.05, 4.69) is 217 Å². The van der Waals surface area contributed by atoms with Gasteiger partial charge < -0.3 is 9.32 Å². The van der Waals surface area contributed by atoms with Crippen molar-refractivity contribution >= 4 is 81.3 Å². The van der Waals surface area contributed by atoms with Crippen molar-refractivity contribution in [2.75, 3.05) is 4.90 Å². The number of thiophene rings is 1. The molecule has 0 aliphatic rings. The third kappa shape index (κ3) is 6.09. The lowest BCUT2D eigenvalue weighted by atomic mass is 9.96. The van der Waals surface area contributed by atoms with Crippen LogP contribution in [0.3, 0.4) is 0 Å². The Hall–Kier alpha value is -7.72. The highest BCUT2D eigenvalue weighted by Gasteiger charge is 2.18. The largest absolute Gasteiger partial charge is 0.456 e. The van der Waals surface area contributed by atoms with Crippen LogP contribution in [0, 0.1) is 0 Å². The molecule has 0 aliphatic carbocycles. The van der Waals surface area contributed by atoms with Gasteiger partial charge in [-0.15, -0.1) is 11.3 Å². The van der Waals surface area contributed by atoms with Crippen LogP contribution in [0.4, 0.5) is 17.1 Å². The summed E-state index contributed by atoms with van der Waals surface area (Å²) in [6.45, 7) is 0. The molecule has 0 unspecified atom stereocenters. The van der Waals surface area contributed by atoms with Gasteiger partial charge in [0.25, 0.3) is 0 Å². The van der Waals surface area contributed by atoms with Crippen LogP contribution in [0.25, 0.3) is 97.4 Å². The average Bonchev–Trinajstić information content (AvgIpc) is 3.91. The molecular weight excluding hydrogens is 759 g/mol. The van der Waals surface area contributed by atoms with Crippen molar-refractivity contribution in [2.24, 2.45) is 0 Å². The van der Waals surface area contributed by atoms with Gasteiger partial charge in [-0.05, 0) is 110 Å². The second kappa shape index (κ2) is 14.5. The van der Waals surface area contributed by atoms with Crippen LogP contribution >= 0.6 is 11.3 Å². The number of anilines is 3. The Morgan fingerprint density at radius 2 is 0.869 bits per heavy atom. The van der Waals surface area contributed by atoms with Crippen LogP contribution in [0.2, 0.25) is 0 Å². The molecule has 0 aliphatic heterocycles. The fourth-order valence-electron chi connectivity index (χ4n) is 9.18.